The largest absolute Gasteiger partial charge is 0.462 e. The van der Waals surface area contributed by atoms with Crippen LogP contribution in [0.15, 0.2) is 24.4 Å². The second kappa shape index (κ2) is 5.44. The molecule has 1 aromatic carbocycles. The predicted octanol–water partition coefficient (Wildman–Crippen LogP) is 3.71. The third-order valence-electron chi connectivity index (χ3n) is 2.98. The van der Waals surface area contributed by atoms with Gasteiger partial charge in [-0.2, -0.15) is 0 Å². The minimum absolute atomic E-state index is 0.0434. The lowest BCUT2D eigenvalue weighted by Gasteiger charge is -2.10. The lowest BCUT2D eigenvalue weighted by Crippen LogP contribution is -2.15. The van der Waals surface area contributed by atoms with E-state index in [-0.39, 0.29) is 18.5 Å². The molecule has 0 saturated heterocycles. The Morgan fingerprint density at radius 1 is 1.50 bits per heavy atom. The zero-order valence-corrected chi connectivity index (χ0v) is 11.3. The maximum atomic E-state index is 11.8. The number of carbonyl (C=O) groups is 1. The van der Waals surface area contributed by atoms with E-state index >= 15 is 0 Å². The van der Waals surface area contributed by atoms with E-state index < -0.39 is 0 Å². The molecule has 18 heavy (non-hydrogen) atoms. The van der Waals surface area contributed by atoms with E-state index in [1.54, 1.807) is 0 Å². The number of nitrogens with one attached hydrogen (secondary N) is 1. The van der Waals surface area contributed by atoms with Crippen LogP contribution >= 0.6 is 11.6 Å². The van der Waals surface area contributed by atoms with E-state index in [0.717, 1.165) is 22.9 Å². The third kappa shape index (κ3) is 2.67. The van der Waals surface area contributed by atoms with Crippen LogP contribution in [0.2, 0.25) is 5.02 Å². The Morgan fingerprint density at radius 3 is 3.00 bits per heavy atom. The number of halogens is 1. The highest BCUT2D eigenvalue weighted by Crippen LogP contribution is 2.27. The van der Waals surface area contributed by atoms with Crippen LogP contribution in [0.1, 0.15) is 25.8 Å². The molecule has 1 N–H and O–H groups in total. The lowest BCUT2D eigenvalue weighted by molar-refractivity contribution is -0.147. The summed E-state index contributed by atoms with van der Waals surface area (Å²) in [7, 11) is 0. The summed E-state index contributed by atoms with van der Waals surface area (Å²) in [4.78, 5) is 14.9. The number of benzene rings is 1. The van der Waals surface area contributed by atoms with Gasteiger partial charge in [0.15, 0.2) is 0 Å². The molecule has 96 valence electrons. The van der Waals surface area contributed by atoms with Crippen LogP contribution in [0.25, 0.3) is 10.9 Å². The van der Waals surface area contributed by atoms with Crippen molar-refractivity contribution in [3.8, 4) is 0 Å². The molecule has 0 radical (unpaired) electrons. The molecule has 1 aromatic heterocycles. The summed E-state index contributed by atoms with van der Waals surface area (Å²) in [5.74, 6) is -0.217. The first kappa shape index (κ1) is 13.0. The molecule has 3 nitrogen and oxygen atoms in total. The minimum Gasteiger partial charge on any atom is -0.462 e. The van der Waals surface area contributed by atoms with Gasteiger partial charge < -0.3 is 9.72 Å². The highest BCUT2D eigenvalue weighted by molar-refractivity contribution is 6.35. The number of carbonyl (C=O) groups excluding carboxylic acids is 1. The van der Waals surface area contributed by atoms with Gasteiger partial charge in [0.05, 0.1) is 17.5 Å². The molecule has 0 aliphatic carbocycles. The van der Waals surface area contributed by atoms with Crippen molar-refractivity contribution in [3.05, 3.63) is 35.0 Å². The number of H-pyrrole nitrogens is 1. The van der Waals surface area contributed by atoms with E-state index in [2.05, 4.69) is 4.98 Å². The number of esters is 1. The van der Waals surface area contributed by atoms with Crippen LogP contribution in [-0.2, 0) is 16.0 Å². The Hall–Kier alpha value is -1.48. The van der Waals surface area contributed by atoms with Crippen molar-refractivity contribution in [2.75, 3.05) is 0 Å². The number of aromatic amines is 1. The zero-order chi connectivity index (χ0) is 13.1. The van der Waals surface area contributed by atoms with Crippen LogP contribution in [0.3, 0.4) is 0 Å². The first-order valence-electron chi connectivity index (χ1n) is 6.05. The van der Waals surface area contributed by atoms with Crippen molar-refractivity contribution in [3.63, 3.8) is 0 Å². The van der Waals surface area contributed by atoms with Gasteiger partial charge in [-0.15, -0.1) is 0 Å². The van der Waals surface area contributed by atoms with Gasteiger partial charge in [-0.25, -0.2) is 0 Å². The SMILES string of the molecule is CC[C@@H](C)OC(=O)Cc1c[nH]c2cccc(Cl)c12. The summed E-state index contributed by atoms with van der Waals surface area (Å²) in [6.45, 7) is 3.88. The fraction of sp³-hybridized carbons (Fsp3) is 0.357. The molecule has 1 atom stereocenters. The molecule has 0 aliphatic rings. The molecule has 0 unspecified atom stereocenters. The molecule has 0 bridgehead atoms. The number of hydrogen-bond donors (Lipinski definition) is 1. The average Bonchev–Trinajstić information content (AvgIpc) is 2.73. The maximum Gasteiger partial charge on any atom is 0.310 e. The number of rotatable bonds is 4. The summed E-state index contributed by atoms with van der Waals surface area (Å²) in [5.41, 5.74) is 1.82. The van der Waals surface area contributed by atoms with Gasteiger partial charge in [-0.3, -0.25) is 4.79 Å². The molecule has 1 heterocycles. The van der Waals surface area contributed by atoms with Crippen LogP contribution in [-0.4, -0.2) is 17.1 Å². The van der Waals surface area contributed by atoms with Crippen LogP contribution < -0.4 is 0 Å². The molecule has 2 rings (SSSR count). The molecule has 0 spiro atoms. The second-order valence-corrected chi connectivity index (χ2v) is 4.77. The fourth-order valence-electron chi connectivity index (χ4n) is 1.85. The Balaban J connectivity index is 2.19. The molecule has 0 amide bonds. The van der Waals surface area contributed by atoms with Gasteiger partial charge in [-0.1, -0.05) is 24.6 Å². The Morgan fingerprint density at radius 2 is 2.28 bits per heavy atom. The minimum atomic E-state index is -0.217. The van der Waals surface area contributed by atoms with E-state index in [4.69, 9.17) is 16.3 Å². The van der Waals surface area contributed by atoms with Gasteiger partial charge in [0.1, 0.15) is 0 Å². The summed E-state index contributed by atoms with van der Waals surface area (Å²) < 4.78 is 5.27. The Kier molecular flexibility index (Phi) is 3.92. The summed E-state index contributed by atoms with van der Waals surface area (Å²) in [6, 6.07) is 5.63. The van der Waals surface area contributed by atoms with Crippen molar-refractivity contribution >= 4 is 28.5 Å². The van der Waals surface area contributed by atoms with E-state index in [9.17, 15) is 4.79 Å². The van der Waals surface area contributed by atoms with Crippen molar-refractivity contribution in [2.45, 2.75) is 32.8 Å². The van der Waals surface area contributed by atoms with Gasteiger partial charge in [0, 0.05) is 17.1 Å². The molecular weight excluding hydrogens is 250 g/mol. The van der Waals surface area contributed by atoms with E-state index in [1.807, 2.05) is 38.2 Å². The Labute approximate surface area is 111 Å². The first-order chi connectivity index (χ1) is 8.61. The van der Waals surface area contributed by atoms with E-state index in [0.29, 0.717) is 5.02 Å². The number of ether oxygens (including phenoxy) is 1. The van der Waals surface area contributed by atoms with Crippen molar-refractivity contribution in [2.24, 2.45) is 0 Å². The summed E-state index contributed by atoms with van der Waals surface area (Å²) >= 11 is 6.15. The maximum absolute atomic E-state index is 11.8. The van der Waals surface area contributed by atoms with Crippen molar-refractivity contribution in [1.29, 1.82) is 0 Å². The summed E-state index contributed by atoms with van der Waals surface area (Å²) in [6.07, 6.45) is 2.83. The van der Waals surface area contributed by atoms with Crippen LogP contribution in [0.5, 0.6) is 0 Å². The molecule has 4 heteroatoms. The third-order valence-corrected chi connectivity index (χ3v) is 3.29. The van der Waals surface area contributed by atoms with Gasteiger partial charge in [-0.05, 0) is 31.0 Å². The van der Waals surface area contributed by atoms with Crippen molar-refractivity contribution < 1.29 is 9.53 Å². The fourth-order valence-corrected chi connectivity index (χ4v) is 2.15. The quantitative estimate of drug-likeness (QED) is 0.857. The number of hydrogen-bond acceptors (Lipinski definition) is 2. The van der Waals surface area contributed by atoms with Crippen LogP contribution in [0.4, 0.5) is 0 Å². The smallest absolute Gasteiger partial charge is 0.310 e. The van der Waals surface area contributed by atoms with E-state index in [1.165, 1.54) is 0 Å². The Bertz CT molecular complexity index is 562. The molecule has 0 saturated carbocycles. The highest BCUT2D eigenvalue weighted by Gasteiger charge is 2.13. The van der Waals surface area contributed by atoms with Gasteiger partial charge >= 0.3 is 5.97 Å². The standard InChI is InChI=1S/C14H16ClNO2/c1-3-9(2)18-13(17)7-10-8-16-12-6-4-5-11(15)14(10)12/h4-6,8-9,16H,3,7H2,1-2H3/t9-/m1/s1. The second-order valence-electron chi connectivity index (χ2n) is 4.36. The topological polar surface area (TPSA) is 42.1 Å². The molecule has 2 aromatic rings. The number of aromatic nitrogens is 1. The zero-order valence-electron chi connectivity index (χ0n) is 10.5. The monoisotopic (exact) mass is 265 g/mol. The average molecular weight is 266 g/mol. The number of fused-ring (bicyclic) bond motifs is 1. The summed E-state index contributed by atoms with van der Waals surface area (Å²) in [5, 5.41) is 1.56. The highest BCUT2D eigenvalue weighted by atomic mass is 35.5. The molecular formula is C14H16ClNO2. The molecule has 0 aliphatic heterocycles. The predicted molar refractivity (Wildman–Crippen MR) is 72.9 cm³/mol. The molecule has 0 fully saturated rings. The first-order valence-corrected chi connectivity index (χ1v) is 6.43. The normalized spacial score (nSPS) is 12.6. The van der Waals surface area contributed by atoms with Gasteiger partial charge in [0.25, 0.3) is 0 Å². The lowest BCUT2D eigenvalue weighted by atomic mass is 10.1. The van der Waals surface area contributed by atoms with Crippen molar-refractivity contribution in [1.82, 2.24) is 4.98 Å². The van der Waals surface area contributed by atoms with Crippen LogP contribution in [0, 0.1) is 0 Å². The van der Waals surface area contributed by atoms with Gasteiger partial charge in [0.2, 0.25) is 0 Å².